The summed E-state index contributed by atoms with van der Waals surface area (Å²) in [6.07, 6.45) is 6.81. The Morgan fingerprint density at radius 1 is 1.35 bits per heavy atom. The Hall–Kier alpha value is 0.140. The molecule has 1 fully saturated rings. The van der Waals surface area contributed by atoms with Crippen LogP contribution in [0.5, 0.6) is 0 Å². The van der Waals surface area contributed by atoms with Crippen molar-refractivity contribution in [3.8, 4) is 0 Å². The molecular weight excluding hydrogens is 294 g/mol. The topological polar surface area (TPSA) is 12.0 Å². The van der Waals surface area contributed by atoms with Crippen LogP contribution in [-0.2, 0) is 6.42 Å². The third-order valence-corrected chi connectivity index (χ3v) is 5.39. The smallest absolute Gasteiger partial charge is 0.0701 e. The largest absolute Gasteiger partial charge is 0.316 e. The minimum absolute atomic E-state index is 0.905. The number of thiophene rings is 1. The minimum Gasteiger partial charge on any atom is -0.316 e. The first-order chi connectivity index (χ1) is 8.29. The quantitative estimate of drug-likeness (QED) is 0.764. The van der Waals surface area contributed by atoms with Crippen molar-refractivity contribution in [2.45, 2.75) is 39.0 Å². The van der Waals surface area contributed by atoms with Crippen LogP contribution in [0.4, 0.5) is 0 Å². The van der Waals surface area contributed by atoms with E-state index in [0.29, 0.717) is 0 Å². The Balaban J connectivity index is 1.82. The van der Waals surface area contributed by atoms with Crippen molar-refractivity contribution in [3.05, 3.63) is 20.8 Å². The van der Waals surface area contributed by atoms with Gasteiger partial charge in [0.05, 0.1) is 3.79 Å². The number of halogens is 1. The van der Waals surface area contributed by atoms with Gasteiger partial charge in [0.25, 0.3) is 0 Å². The lowest BCUT2D eigenvalue weighted by Gasteiger charge is -2.19. The normalized spacial score (nSPS) is 24.4. The standard InChI is InChI=1S/C14H22BrNS/c1-2-8-16-10-12-5-3-4-11(12)9-13-6-7-14(15)17-13/h6-7,11-12,16H,2-5,8-10H2,1H3. The third-order valence-electron chi connectivity index (χ3n) is 3.74. The second kappa shape index (κ2) is 6.91. The van der Waals surface area contributed by atoms with E-state index < -0.39 is 0 Å². The lowest BCUT2D eigenvalue weighted by molar-refractivity contribution is 0.367. The molecule has 3 heteroatoms. The summed E-state index contributed by atoms with van der Waals surface area (Å²) >= 11 is 5.46. The van der Waals surface area contributed by atoms with Gasteiger partial charge in [-0.1, -0.05) is 13.3 Å². The van der Waals surface area contributed by atoms with E-state index in [1.807, 2.05) is 11.3 Å². The SMILES string of the molecule is CCCNCC1CCCC1Cc1ccc(Br)s1. The molecule has 1 saturated carbocycles. The molecule has 1 aromatic heterocycles. The van der Waals surface area contributed by atoms with Gasteiger partial charge in [-0.3, -0.25) is 0 Å². The molecule has 0 amide bonds. The fourth-order valence-corrected chi connectivity index (χ4v) is 4.41. The van der Waals surface area contributed by atoms with E-state index in [9.17, 15) is 0 Å². The zero-order valence-electron chi connectivity index (χ0n) is 10.5. The van der Waals surface area contributed by atoms with E-state index in [1.165, 1.54) is 49.0 Å². The van der Waals surface area contributed by atoms with E-state index in [0.717, 1.165) is 11.8 Å². The van der Waals surface area contributed by atoms with Crippen LogP contribution in [0.3, 0.4) is 0 Å². The maximum absolute atomic E-state index is 3.59. The van der Waals surface area contributed by atoms with Crippen molar-refractivity contribution in [2.75, 3.05) is 13.1 Å². The lowest BCUT2D eigenvalue weighted by Crippen LogP contribution is -2.26. The molecule has 1 aliphatic rings. The molecule has 1 aromatic rings. The maximum atomic E-state index is 3.59. The Morgan fingerprint density at radius 2 is 2.18 bits per heavy atom. The number of hydrogen-bond acceptors (Lipinski definition) is 2. The number of hydrogen-bond donors (Lipinski definition) is 1. The highest BCUT2D eigenvalue weighted by Crippen LogP contribution is 2.35. The molecule has 1 aliphatic carbocycles. The van der Waals surface area contributed by atoms with E-state index in [2.05, 4.69) is 40.3 Å². The summed E-state index contributed by atoms with van der Waals surface area (Å²) < 4.78 is 1.27. The van der Waals surface area contributed by atoms with E-state index in [1.54, 1.807) is 4.88 Å². The first kappa shape index (κ1) is 13.6. The summed E-state index contributed by atoms with van der Waals surface area (Å²) in [6, 6.07) is 4.46. The summed E-state index contributed by atoms with van der Waals surface area (Å²) in [5.74, 6) is 1.81. The minimum atomic E-state index is 0.905. The van der Waals surface area contributed by atoms with Crippen LogP contribution in [-0.4, -0.2) is 13.1 Å². The van der Waals surface area contributed by atoms with Gasteiger partial charge in [-0.05, 0) is 78.7 Å². The second-order valence-corrected chi connectivity index (χ2v) is 7.61. The zero-order valence-corrected chi connectivity index (χ0v) is 12.9. The van der Waals surface area contributed by atoms with Crippen molar-refractivity contribution in [1.29, 1.82) is 0 Å². The molecule has 1 N–H and O–H groups in total. The first-order valence-electron chi connectivity index (χ1n) is 6.74. The van der Waals surface area contributed by atoms with Gasteiger partial charge in [0.15, 0.2) is 0 Å². The highest BCUT2D eigenvalue weighted by molar-refractivity contribution is 9.11. The van der Waals surface area contributed by atoms with E-state index in [4.69, 9.17) is 0 Å². The van der Waals surface area contributed by atoms with Crippen molar-refractivity contribution in [3.63, 3.8) is 0 Å². The van der Waals surface area contributed by atoms with Gasteiger partial charge in [0.1, 0.15) is 0 Å². The van der Waals surface area contributed by atoms with Gasteiger partial charge < -0.3 is 5.32 Å². The molecule has 0 spiro atoms. The number of rotatable bonds is 6. The summed E-state index contributed by atoms with van der Waals surface area (Å²) in [7, 11) is 0. The molecule has 17 heavy (non-hydrogen) atoms. The molecule has 1 nitrogen and oxygen atoms in total. The van der Waals surface area contributed by atoms with Gasteiger partial charge in [-0.25, -0.2) is 0 Å². The highest BCUT2D eigenvalue weighted by Gasteiger charge is 2.27. The zero-order chi connectivity index (χ0) is 12.1. The van der Waals surface area contributed by atoms with E-state index >= 15 is 0 Å². The monoisotopic (exact) mass is 315 g/mol. The third kappa shape index (κ3) is 4.08. The molecular formula is C14H22BrNS. The summed E-state index contributed by atoms with van der Waals surface area (Å²) in [5.41, 5.74) is 0. The predicted octanol–water partition coefficient (Wildman–Crippen LogP) is 4.47. The van der Waals surface area contributed by atoms with Crippen molar-refractivity contribution in [2.24, 2.45) is 11.8 Å². The summed E-state index contributed by atoms with van der Waals surface area (Å²) in [6.45, 7) is 4.64. The highest BCUT2D eigenvalue weighted by atomic mass is 79.9. The Morgan fingerprint density at radius 3 is 2.88 bits per heavy atom. The first-order valence-corrected chi connectivity index (χ1v) is 8.35. The van der Waals surface area contributed by atoms with Gasteiger partial charge in [-0.15, -0.1) is 11.3 Å². The van der Waals surface area contributed by atoms with Crippen LogP contribution in [0, 0.1) is 11.8 Å². The lowest BCUT2D eigenvalue weighted by atomic mass is 9.92. The van der Waals surface area contributed by atoms with Gasteiger partial charge in [0, 0.05) is 4.88 Å². The van der Waals surface area contributed by atoms with Crippen LogP contribution in [0.25, 0.3) is 0 Å². The predicted molar refractivity (Wildman–Crippen MR) is 79.7 cm³/mol. The second-order valence-electron chi connectivity index (χ2n) is 5.07. The van der Waals surface area contributed by atoms with E-state index in [-0.39, 0.29) is 0 Å². The molecule has 96 valence electrons. The molecule has 0 saturated heterocycles. The molecule has 2 rings (SSSR count). The Bertz CT molecular complexity index is 337. The maximum Gasteiger partial charge on any atom is 0.0701 e. The van der Waals surface area contributed by atoms with Crippen LogP contribution < -0.4 is 5.32 Å². The molecule has 1 heterocycles. The van der Waals surface area contributed by atoms with Gasteiger partial charge in [-0.2, -0.15) is 0 Å². The molecule has 0 radical (unpaired) electrons. The average molecular weight is 316 g/mol. The fourth-order valence-electron chi connectivity index (χ4n) is 2.84. The van der Waals surface area contributed by atoms with Crippen LogP contribution in [0.1, 0.15) is 37.5 Å². The summed E-state index contributed by atoms with van der Waals surface area (Å²) in [5, 5.41) is 3.59. The fraction of sp³-hybridized carbons (Fsp3) is 0.714. The van der Waals surface area contributed by atoms with Crippen LogP contribution in [0.2, 0.25) is 0 Å². The van der Waals surface area contributed by atoms with Crippen molar-refractivity contribution >= 4 is 27.3 Å². The average Bonchev–Trinajstić information content (AvgIpc) is 2.90. The van der Waals surface area contributed by atoms with Crippen LogP contribution >= 0.6 is 27.3 Å². The molecule has 0 aliphatic heterocycles. The number of nitrogens with one attached hydrogen (secondary N) is 1. The Kier molecular flexibility index (Phi) is 5.51. The molecule has 0 bridgehead atoms. The molecule has 2 atom stereocenters. The van der Waals surface area contributed by atoms with Gasteiger partial charge in [0.2, 0.25) is 0 Å². The van der Waals surface area contributed by atoms with Crippen LogP contribution in [0.15, 0.2) is 15.9 Å². The molecule has 2 unspecified atom stereocenters. The van der Waals surface area contributed by atoms with Crippen molar-refractivity contribution in [1.82, 2.24) is 5.32 Å². The summed E-state index contributed by atoms with van der Waals surface area (Å²) in [4.78, 5) is 1.55. The molecule has 0 aromatic carbocycles. The van der Waals surface area contributed by atoms with Gasteiger partial charge >= 0.3 is 0 Å². The van der Waals surface area contributed by atoms with Crippen molar-refractivity contribution < 1.29 is 0 Å². The Labute approximate surface area is 117 Å².